The van der Waals surface area contributed by atoms with Gasteiger partial charge in [-0.1, -0.05) is 19.1 Å². The zero-order valence-electron chi connectivity index (χ0n) is 20.1. The molecule has 7 nitrogen and oxygen atoms in total. The molecule has 1 amide bonds. The van der Waals surface area contributed by atoms with Crippen molar-refractivity contribution in [3.05, 3.63) is 53.1 Å². The van der Waals surface area contributed by atoms with Gasteiger partial charge >= 0.3 is 0 Å². The topological polar surface area (TPSA) is 76.1 Å². The largest absolute Gasteiger partial charge is 0.493 e. The van der Waals surface area contributed by atoms with Crippen molar-refractivity contribution in [2.75, 3.05) is 40.4 Å². The molecular formula is C25H34N2O5S. The molecule has 0 aliphatic carbocycles. The Hall–Kier alpha value is -2.58. The van der Waals surface area contributed by atoms with E-state index in [9.17, 15) is 13.2 Å². The minimum atomic E-state index is -3.66. The Morgan fingerprint density at radius 2 is 1.76 bits per heavy atom. The van der Waals surface area contributed by atoms with Gasteiger partial charge in [0.1, 0.15) is 6.61 Å². The smallest absolute Gasteiger partial charge is 0.253 e. The Morgan fingerprint density at radius 3 is 2.39 bits per heavy atom. The van der Waals surface area contributed by atoms with Crippen molar-refractivity contribution >= 4 is 15.9 Å². The maximum absolute atomic E-state index is 13.4. The summed E-state index contributed by atoms with van der Waals surface area (Å²) in [4.78, 5) is 14.9. The summed E-state index contributed by atoms with van der Waals surface area (Å²) in [6, 6.07) is 10.6. The highest BCUT2D eigenvalue weighted by molar-refractivity contribution is 7.89. The summed E-state index contributed by atoms with van der Waals surface area (Å²) in [5, 5.41) is 0. The number of benzene rings is 2. The number of methoxy groups -OCH3 is 1. The summed E-state index contributed by atoms with van der Waals surface area (Å²) in [7, 11) is -0.396. The molecule has 3 rings (SSSR count). The maximum atomic E-state index is 13.4. The molecule has 8 heteroatoms. The van der Waals surface area contributed by atoms with Crippen LogP contribution in [0.3, 0.4) is 0 Å². The van der Waals surface area contributed by atoms with E-state index in [1.165, 1.54) is 6.07 Å². The third-order valence-electron chi connectivity index (χ3n) is 6.33. The first-order valence-electron chi connectivity index (χ1n) is 11.3. The number of nitrogens with zero attached hydrogens (tertiary/aromatic N) is 2. The van der Waals surface area contributed by atoms with E-state index in [4.69, 9.17) is 9.47 Å². The van der Waals surface area contributed by atoms with Crippen molar-refractivity contribution in [2.45, 2.75) is 38.5 Å². The molecule has 1 aliphatic heterocycles. The van der Waals surface area contributed by atoms with E-state index in [-0.39, 0.29) is 17.4 Å². The van der Waals surface area contributed by atoms with Gasteiger partial charge in [0.2, 0.25) is 10.0 Å². The minimum Gasteiger partial charge on any atom is -0.493 e. The van der Waals surface area contributed by atoms with E-state index in [1.54, 1.807) is 36.4 Å². The quantitative estimate of drug-likeness (QED) is 0.580. The predicted molar refractivity (Wildman–Crippen MR) is 129 cm³/mol. The second-order valence-electron chi connectivity index (χ2n) is 8.73. The van der Waals surface area contributed by atoms with E-state index in [2.05, 4.69) is 6.92 Å². The normalized spacial score (nSPS) is 15.3. The zero-order valence-corrected chi connectivity index (χ0v) is 20.9. The number of hydrogen-bond donors (Lipinski definition) is 0. The first kappa shape index (κ1) is 25.1. The Balaban J connectivity index is 1.74. The van der Waals surface area contributed by atoms with Gasteiger partial charge in [0.25, 0.3) is 5.91 Å². The Bertz CT molecular complexity index is 1090. The molecule has 0 atom stereocenters. The Kier molecular flexibility index (Phi) is 8.02. The lowest BCUT2D eigenvalue weighted by atomic mass is 10.0. The standard InChI is InChI=1S/C25H34N2O5S/c1-18-10-12-27(13-11-18)33(29,30)24-17-21(16-19(2)20(24)3)25(28)26(4)14-15-32-23-9-7-6-8-22(23)31-5/h6-9,16-18H,10-15H2,1-5H3. The number of aryl methyl sites for hydroxylation is 1. The van der Waals surface area contributed by atoms with Crippen molar-refractivity contribution in [3.63, 3.8) is 0 Å². The van der Waals surface area contributed by atoms with Crippen LogP contribution in [0.15, 0.2) is 41.3 Å². The highest BCUT2D eigenvalue weighted by atomic mass is 32.2. The number of carbonyl (C=O) groups excluding carboxylic acids is 1. The number of amides is 1. The average Bonchev–Trinajstić information content (AvgIpc) is 2.80. The van der Waals surface area contributed by atoms with E-state index in [0.29, 0.717) is 48.2 Å². The number of hydrogen-bond acceptors (Lipinski definition) is 5. The average molecular weight is 475 g/mol. The van der Waals surface area contributed by atoms with Gasteiger partial charge in [-0.15, -0.1) is 0 Å². The molecule has 180 valence electrons. The molecule has 0 aromatic heterocycles. The van der Waals surface area contributed by atoms with E-state index in [0.717, 1.165) is 18.4 Å². The van der Waals surface area contributed by atoms with Gasteiger partial charge in [0, 0.05) is 25.7 Å². The number of para-hydroxylation sites is 2. The molecule has 1 aliphatic rings. The molecule has 1 fully saturated rings. The summed E-state index contributed by atoms with van der Waals surface area (Å²) >= 11 is 0. The summed E-state index contributed by atoms with van der Waals surface area (Å²) in [6.45, 7) is 7.44. The molecule has 33 heavy (non-hydrogen) atoms. The van der Waals surface area contributed by atoms with Gasteiger partial charge < -0.3 is 14.4 Å². The predicted octanol–water partition coefficient (Wildman–Crippen LogP) is 3.88. The fourth-order valence-electron chi connectivity index (χ4n) is 3.94. The zero-order chi connectivity index (χ0) is 24.2. The second-order valence-corrected chi connectivity index (χ2v) is 10.6. The van der Waals surface area contributed by atoms with Crippen LogP contribution in [0.2, 0.25) is 0 Å². The van der Waals surface area contributed by atoms with Crippen LogP contribution in [0.4, 0.5) is 0 Å². The van der Waals surface area contributed by atoms with Crippen molar-refractivity contribution in [1.29, 1.82) is 0 Å². The number of carbonyl (C=O) groups is 1. The first-order chi connectivity index (χ1) is 15.6. The van der Waals surface area contributed by atoms with Crippen LogP contribution in [0.5, 0.6) is 11.5 Å². The van der Waals surface area contributed by atoms with Gasteiger partial charge in [0.05, 0.1) is 18.6 Å². The first-order valence-corrected chi connectivity index (χ1v) is 12.7. The lowest BCUT2D eigenvalue weighted by Gasteiger charge is -2.30. The number of sulfonamides is 1. The van der Waals surface area contributed by atoms with Crippen LogP contribution in [0, 0.1) is 19.8 Å². The van der Waals surface area contributed by atoms with E-state index < -0.39 is 10.0 Å². The van der Waals surface area contributed by atoms with Crippen molar-refractivity contribution < 1.29 is 22.7 Å². The van der Waals surface area contributed by atoms with Crippen LogP contribution in [0.1, 0.15) is 41.3 Å². The fraction of sp³-hybridized carbons (Fsp3) is 0.480. The van der Waals surface area contributed by atoms with Crippen LogP contribution >= 0.6 is 0 Å². The number of piperidine rings is 1. The molecule has 1 heterocycles. The number of rotatable bonds is 8. The molecule has 0 bridgehead atoms. The molecule has 1 saturated heterocycles. The molecule has 0 N–H and O–H groups in total. The van der Waals surface area contributed by atoms with Crippen LogP contribution in [-0.2, 0) is 10.0 Å². The van der Waals surface area contributed by atoms with Gasteiger partial charge in [-0.2, -0.15) is 4.31 Å². The van der Waals surface area contributed by atoms with E-state index >= 15 is 0 Å². The summed E-state index contributed by atoms with van der Waals surface area (Å²) in [5.74, 6) is 1.52. The van der Waals surface area contributed by atoms with Crippen molar-refractivity contribution in [2.24, 2.45) is 5.92 Å². The van der Waals surface area contributed by atoms with Crippen LogP contribution in [0.25, 0.3) is 0 Å². The highest BCUT2D eigenvalue weighted by Gasteiger charge is 2.30. The van der Waals surface area contributed by atoms with Crippen molar-refractivity contribution in [3.8, 4) is 11.5 Å². The number of ether oxygens (including phenoxy) is 2. The molecular weight excluding hydrogens is 440 g/mol. The maximum Gasteiger partial charge on any atom is 0.253 e. The van der Waals surface area contributed by atoms with Crippen LogP contribution < -0.4 is 9.47 Å². The van der Waals surface area contributed by atoms with Gasteiger partial charge in [-0.05, 0) is 68.0 Å². The number of likely N-dealkylation sites (N-methyl/N-ethyl adjacent to an activating group) is 1. The van der Waals surface area contributed by atoms with E-state index in [1.807, 2.05) is 31.2 Å². The third kappa shape index (κ3) is 5.68. The monoisotopic (exact) mass is 474 g/mol. The summed E-state index contributed by atoms with van der Waals surface area (Å²) in [5.41, 5.74) is 1.83. The highest BCUT2D eigenvalue weighted by Crippen LogP contribution is 2.29. The molecule has 0 radical (unpaired) electrons. The van der Waals surface area contributed by atoms with Crippen molar-refractivity contribution in [1.82, 2.24) is 9.21 Å². The Labute approximate surface area is 197 Å². The lowest BCUT2D eigenvalue weighted by Crippen LogP contribution is -2.38. The molecule has 2 aromatic carbocycles. The lowest BCUT2D eigenvalue weighted by molar-refractivity contribution is 0.0773. The van der Waals surface area contributed by atoms with Gasteiger partial charge in [-0.3, -0.25) is 4.79 Å². The molecule has 0 saturated carbocycles. The second kappa shape index (κ2) is 10.6. The van der Waals surface area contributed by atoms with Crippen LogP contribution in [-0.4, -0.2) is 63.9 Å². The third-order valence-corrected chi connectivity index (χ3v) is 8.35. The van der Waals surface area contributed by atoms with Gasteiger partial charge in [-0.25, -0.2) is 8.42 Å². The van der Waals surface area contributed by atoms with Gasteiger partial charge in [0.15, 0.2) is 11.5 Å². The fourth-order valence-corrected chi connectivity index (χ4v) is 5.73. The SMILES string of the molecule is COc1ccccc1OCCN(C)C(=O)c1cc(C)c(C)c(S(=O)(=O)N2CCC(C)CC2)c1. The molecule has 0 spiro atoms. The minimum absolute atomic E-state index is 0.221. The summed E-state index contributed by atoms with van der Waals surface area (Å²) in [6.07, 6.45) is 1.70. The Morgan fingerprint density at radius 1 is 1.12 bits per heavy atom. The molecule has 2 aromatic rings. The summed E-state index contributed by atoms with van der Waals surface area (Å²) < 4.78 is 39.3. The molecule has 0 unspecified atom stereocenters.